The van der Waals surface area contributed by atoms with E-state index in [4.69, 9.17) is 0 Å². The van der Waals surface area contributed by atoms with Gasteiger partial charge in [0, 0.05) is 5.92 Å². The lowest BCUT2D eigenvalue weighted by atomic mass is 9.78. The minimum Gasteiger partial charge on any atom is -0.508 e. The van der Waals surface area contributed by atoms with E-state index in [2.05, 4.69) is 34.6 Å². The van der Waals surface area contributed by atoms with Crippen LogP contribution < -0.4 is 0 Å². The number of unbranched alkanes of at least 4 members (excludes halogenated alkanes) is 6. The van der Waals surface area contributed by atoms with Crippen LogP contribution in [0, 0.1) is 13.8 Å². The maximum absolute atomic E-state index is 10.3. The first-order valence-corrected chi connectivity index (χ1v) is 12.6. The molecule has 0 fully saturated rings. The van der Waals surface area contributed by atoms with Crippen LogP contribution in [0.4, 0.5) is 0 Å². The van der Waals surface area contributed by atoms with Crippen LogP contribution in [-0.2, 0) is 12.8 Å². The number of benzene rings is 2. The van der Waals surface area contributed by atoms with E-state index in [1.54, 1.807) is 0 Å². The molecule has 0 saturated carbocycles. The Labute approximate surface area is 190 Å². The van der Waals surface area contributed by atoms with Crippen LogP contribution in [0.2, 0.25) is 0 Å². The van der Waals surface area contributed by atoms with Gasteiger partial charge in [0.2, 0.25) is 0 Å². The highest BCUT2D eigenvalue weighted by Gasteiger charge is 2.23. The fraction of sp³-hybridized carbons (Fsp3) is 0.586. The van der Waals surface area contributed by atoms with Gasteiger partial charge >= 0.3 is 0 Å². The normalized spacial score (nSPS) is 11.4. The van der Waals surface area contributed by atoms with Gasteiger partial charge in [0.15, 0.2) is 0 Å². The van der Waals surface area contributed by atoms with Crippen molar-refractivity contribution < 1.29 is 10.2 Å². The molecule has 0 bridgehead atoms. The first-order chi connectivity index (χ1) is 14.9. The molecule has 0 aromatic heterocycles. The molecule has 172 valence electrons. The summed E-state index contributed by atoms with van der Waals surface area (Å²) in [6, 6.07) is 7.83. The molecule has 0 aliphatic heterocycles. The van der Waals surface area contributed by atoms with Crippen molar-refractivity contribution in [3.05, 3.63) is 57.6 Å². The van der Waals surface area contributed by atoms with Gasteiger partial charge in [-0.25, -0.2) is 0 Å². The molecular formula is C29H44O2. The number of phenolic OH excluding ortho intramolecular Hbond substituents is 2. The molecule has 31 heavy (non-hydrogen) atoms. The van der Waals surface area contributed by atoms with Gasteiger partial charge < -0.3 is 10.2 Å². The van der Waals surface area contributed by atoms with E-state index in [9.17, 15) is 10.2 Å². The summed E-state index contributed by atoms with van der Waals surface area (Å²) in [5, 5.41) is 20.7. The van der Waals surface area contributed by atoms with Gasteiger partial charge in [-0.15, -0.1) is 0 Å². The van der Waals surface area contributed by atoms with Gasteiger partial charge in [-0.1, -0.05) is 59.3 Å². The maximum Gasteiger partial charge on any atom is 0.116 e. The Morgan fingerprint density at radius 2 is 1.03 bits per heavy atom. The van der Waals surface area contributed by atoms with Crippen LogP contribution in [0.3, 0.4) is 0 Å². The summed E-state index contributed by atoms with van der Waals surface area (Å²) in [7, 11) is 0. The maximum atomic E-state index is 10.3. The Morgan fingerprint density at radius 1 is 0.613 bits per heavy atom. The number of aromatic hydroxyl groups is 2. The van der Waals surface area contributed by atoms with Crippen molar-refractivity contribution in [2.24, 2.45) is 0 Å². The molecule has 0 amide bonds. The van der Waals surface area contributed by atoms with Crippen molar-refractivity contribution in [2.45, 2.75) is 111 Å². The molecule has 2 N–H and O–H groups in total. The predicted molar refractivity (Wildman–Crippen MR) is 134 cm³/mol. The zero-order valence-electron chi connectivity index (χ0n) is 20.6. The zero-order chi connectivity index (χ0) is 22.8. The number of hydrogen-bond donors (Lipinski definition) is 2. The SMILES string of the molecule is CCCCCCc1cc(O)cc(C)c1C(CC)c1c(C)cc(O)cc1CCCCCC. The largest absolute Gasteiger partial charge is 0.508 e. The predicted octanol–water partition coefficient (Wildman–Crippen LogP) is 8.50. The van der Waals surface area contributed by atoms with Crippen LogP contribution >= 0.6 is 0 Å². The lowest BCUT2D eigenvalue weighted by Gasteiger charge is -2.27. The Hall–Kier alpha value is -1.96. The summed E-state index contributed by atoms with van der Waals surface area (Å²) >= 11 is 0. The third kappa shape index (κ3) is 7.02. The number of rotatable bonds is 13. The summed E-state index contributed by atoms with van der Waals surface area (Å²) in [5.74, 6) is 1.05. The first-order valence-electron chi connectivity index (χ1n) is 12.6. The fourth-order valence-electron chi connectivity index (χ4n) is 5.15. The third-order valence-corrected chi connectivity index (χ3v) is 6.62. The standard InChI is InChI=1S/C29H44O2/c1-6-9-11-13-15-23-19-25(30)17-21(4)28(23)27(8-3)29-22(5)18-26(31)20-24(29)16-14-12-10-7-2/h17-20,27,30-31H,6-16H2,1-5H3. The Bertz CT molecular complexity index is 754. The number of aryl methyl sites for hydroxylation is 4. The number of phenols is 2. The Kier molecular flexibility index (Phi) is 10.4. The molecule has 2 heteroatoms. The van der Waals surface area contributed by atoms with Crippen molar-refractivity contribution in [2.75, 3.05) is 0 Å². The van der Waals surface area contributed by atoms with Crippen molar-refractivity contribution in [1.82, 2.24) is 0 Å². The van der Waals surface area contributed by atoms with E-state index < -0.39 is 0 Å². The molecular weight excluding hydrogens is 380 g/mol. The molecule has 2 rings (SSSR count). The summed E-state index contributed by atoms with van der Waals surface area (Å²) in [4.78, 5) is 0. The molecule has 0 radical (unpaired) electrons. The van der Waals surface area contributed by atoms with Gasteiger partial charge in [0.1, 0.15) is 11.5 Å². The van der Waals surface area contributed by atoms with Crippen molar-refractivity contribution in [1.29, 1.82) is 0 Å². The molecule has 0 aliphatic rings. The molecule has 0 saturated heterocycles. The zero-order valence-corrected chi connectivity index (χ0v) is 20.6. The highest BCUT2D eigenvalue weighted by atomic mass is 16.3. The minimum atomic E-state index is 0.295. The minimum absolute atomic E-state index is 0.295. The van der Waals surface area contributed by atoms with E-state index in [1.165, 1.54) is 84.7 Å². The summed E-state index contributed by atoms with van der Waals surface area (Å²) in [6.07, 6.45) is 12.9. The van der Waals surface area contributed by atoms with Crippen molar-refractivity contribution >= 4 is 0 Å². The van der Waals surface area contributed by atoms with Crippen LogP contribution in [0.25, 0.3) is 0 Å². The monoisotopic (exact) mass is 424 g/mol. The lowest BCUT2D eigenvalue weighted by molar-refractivity contribution is 0.472. The quantitative estimate of drug-likeness (QED) is 0.316. The van der Waals surface area contributed by atoms with Crippen molar-refractivity contribution in [3.8, 4) is 11.5 Å². The van der Waals surface area contributed by atoms with Crippen LogP contribution in [0.15, 0.2) is 24.3 Å². The van der Waals surface area contributed by atoms with E-state index in [-0.39, 0.29) is 0 Å². The van der Waals surface area contributed by atoms with Gasteiger partial charge in [-0.05, 0) is 104 Å². The van der Waals surface area contributed by atoms with Crippen molar-refractivity contribution in [3.63, 3.8) is 0 Å². The summed E-state index contributed by atoms with van der Waals surface area (Å²) in [5.41, 5.74) is 7.74. The Morgan fingerprint density at radius 3 is 1.39 bits per heavy atom. The molecule has 0 spiro atoms. The topological polar surface area (TPSA) is 40.5 Å². The second kappa shape index (κ2) is 12.8. The average molecular weight is 425 g/mol. The van der Waals surface area contributed by atoms with Gasteiger partial charge in [0.05, 0.1) is 0 Å². The molecule has 2 nitrogen and oxygen atoms in total. The highest BCUT2D eigenvalue weighted by molar-refractivity contribution is 5.52. The van der Waals surface area contributed by atoms with Crippen LogP contribution in [0.1, 0.15) is 118 Å². The molecule has 2 aromatic carbocycles. The van der Waals surface area contributed by atoms with Crippen LogP contribution in [0.5, 0.6) is 11.5 Å². The summed E-state index contributed by atoms with van der Waals surface area (Å²) in [6.45, 7) is 11.0. The molecule has 2 aromatic rings. The summed E-state index contributed by atoms with van der Waals surface area (Å²) < 4.78 is 0. The van der Waals surface area contributed by atoms with Gasteiger partial charge in [-0.3, -0.25) is 0 Å². The average Bonchev–Trinajstić information content (AvgIpc) is 2.71. The van der Waals surface area contributed by atoms with E-state index >= 15 is 0 Å². The van der Waals surface area contributed by atoms with E-state index in [1.807, 2.05) is 24.3 Å². The van der Waals surface area contributed by atoms with E-state index in [0.717, 1.165) is 19.3 Å². The lowest BCUT2D eigenvalue weighted by Crippen LogP contribution is -2.11. The molecule has 0 heterocycles. The first kappa shape index (κ1) is 25.3. The van der Waals surface area contributed by atoms with Gasteiger partial charge in [0.25, 0.3) is 0 Å². The molecule has 0 aliphatic carbocycles. The molecule has 0 atom stereocenters. The number of hydrogen-bond acceptors (Lipinski definition) is 2. The smallest absolute Gasteiger partial charge is 0.116 e. The second-order valence-corrected chi connectivity index (χ2v) is 9.25. The van der Waals surface area contributed by atoms with Gasteiger partial charge in [-0.2, -0.15) is 0 Å². The third-order valence-electron chi connectivity index (χ3n) is 6.62. The highest BCUT2D eigenvalue weighted by Crippen LogP contribution is 2.40. The fourth-order valence-corrected chi connectivity index (χ4v) is 5.15. The van der Waals surface area contributed by atoms with Crippen LogP contribution in [-0.4, -0.2) is 10.2 Å². The second-order valence-electron chi connectivity index (χ2n) is 9.25. The van der Waals surface area contributed by atoms with E-state index in [0.29, 0.717) is 17.4 Å². The Balaban J connectivity index is 2.47. The molecule has 0 unspecified atom stereocenters.